The lowest BCUT2D eigenvalue weighted by Gasteiger charge is -2.47. The van der Waals surface area contributed by atoms with Crippen molar-refractivity contribution in [3.05, 3.63) is 0 Å². The predicted molar refractivity (Wildman–Crippen MR) is 113 cm³/mol. The average Bonchev–Trinajstić information content (AvgIpc) is 3.08. The Morgan fingerprint density at radius 3 is 1.29 bits per heavy atom. The molecule has 31 heavy (non-hydrogen) atoms. The summed E-state index contributed by atoms with van der Waals surface area (Å²) in [5, 5.41) is 0. The zero-order valence-corrected chi connectivity index (χ0v) is 19.5. The predicted octanol–water partition coefficient (Wildman–Crippen LogP) is 4.70. The van der Waals surface area contributed by atoms with Crippen molar-refractivity contribution >= 4 is 7.92 Å². The fraction of sp³-hybridized carbons (Fsp3) is 1.00. The van der Waals surface area contributed by atoms with Gasteiger partial charge in [-0.2, -0.15) is 0 Å². The maximum atomic E-state index is 15.9. The fourth-order valence-electron chi connectivity index (χ4n) is 7.17. The Balaban J connectivity index is 1.81. The molecule has 0 amide bonds. The zero-order valence-electron chi connectivity index (χ0n) is 18.7. The van der Waals surface area contributed by atoms with Crippen molar-refractivity contribution < 1.29 is 26.3 Å². The molecule has 0 N–H and O–H groups in total. The first kappa shape index (κ1) is 24.1. The maximum Gasteiger partial charge on any atom is 0.150 e. The van der Waals surface area contributed by atoms with Crippen LogP contribution in [0.2, 0.25) is 0 Å². The third kappa shape index (κ3) is 3.65. The molecule has 3 saturated carbocycles. The summed E-state index contributed by atoms with van der Waals surface area (Å²) < 4.78 is 93.1. The number of hydrogen-bond acceptors (Lipinski definition) is 2. The number of halogens is 6. The Hall–Kier alpha value is -0.0700. The molecule has 1 heterocycles. The normalized spacial score (nSPS) is 53.6. The van der Waals surface area contributed by atoms with Gasteiger partial charge in [-0.15, -0.1) is 0 Å². The van der Waals surface area contributed by atoms with E-state index in [0.717, 1.165) is 32.1 Å². The van der Waals surface area contributed by atoms with Crippen molar-refractivity contribution in [2.75, 3.05) is 28.2 Å². The van der Waals surface area contributed by atoms with Crippen LogP contribution in [0.3, 0.4) is 0 Å². The third-order valence-corrected chi connectivity index (χ3v) is 12.4. The molecule has 180 valence electrons. The average molecular weight is 472 g/mol. The molecule has 0 spiro atoms. The first-order valence-corrected chi connectivity index (χ1v) is 13.1. The minimum atomic E-state index is -2.14. The lowest BCUT2D eigenvalue weighted by Crippen LogP contribution is -2.64. The summed E-state index contributed by atoms with van der Waals surface area (Å²) in [6.07, 6.45) is -7.46. The second kappa shape index (κ2) is 8.94. The van der Waals surface area contributed by atoms with Gasteiger partial charge in [0, 0.05) is 23.2 Å². The molecular weight excluding hydrogens is 437 g/mol. The summed E-state index contributed by atoms with van der Waals surface area (Å²) >= 11 is 0. The minimum Gasteiger partial charge on any atom is -0.301 e. The lowest BCUT2D eigenvalue weighted by molar-refractivity contribution is -0.0911. The number of nitrogens with zero attached hydrogens (tertiary/aromatic N) is 2. The van der Waals surface area contributed by atoms with Gasteiger partial charge in [0.25, 0.3) is 0 Å². The van der Waals surface area contributed by atoms with Crippen molar-refractivity contribution in [1.82, 2.24) is 9.80 Å². The van der Waals surface area contributed by atoms with Crippen LogP contribution >= 0.6 is 7.92 Å². The van der Waals surface area contributed by atoms with Crippen LogP contribution in [0.1, 0.15) is 32.1 Å². The number of hydrogen-bond donors (Lipinski definition) is 0. The molecule has 0 aromatic rings. The second-order valence-corrected chi connectivity index (χ2v) is 13.3. The van der Waals surface area contributed by atoms with Gasteiger partial charge in [-0.3, -0.25) is 0 Å². The molecule has 1 aliphatic heterocycles. The first-order valence-electron chi connectivity index (χ1n) is 11.5. The Morgan fingerprint density at radius 2 is 0.935 bits per heavy atom. The largest absolute Gasteiger partial charge is 0.301 e. The van der Waals surface area contributed by atoms with Crippen LogP contribution in [0, 0.1) is 11.8 Å². The van der Waals surface area contributed by atoms with E-state index in [4.69, 9.17) is 0 Å². The summed E-state index contributed by atoms with van der Waals surface area (Å²) in [6, 6.07) is -2.57. The van der Waals surface area contributed by atoms with E-state index in [2.05, 4.69) is 0 Å². The lowest BCUT2D eigenvalue weighted by atomic mass is 9.67. The molecule has 12 unspecified atom stereocenters. The number of alkyl halides is 6. The van der Waals surface area contributed by atoms with Crippen LogP contribution in [0.15, 0.2) is 0 Å². The quantitative estimate of drug-likeness (QED) is 0.434. The van der Waals surface area contributed by atoms with Gasteiger partial charge < -0.3 is 9.80 Å². The number of rotatable bonds is 3. The van der Waals surface area contributed by atoms with Gasteiger partial charge in [0.1, 0.15) is 37.0 Å². The highest BCUT2D eigenvalue weighted by molar-refractivity contribution is 7.60. The summed E-state index contributed by atoms with van der Waals surface area (Å²) in [4.78, 5) is 2.71. The van der Waals surface area contributed by atoms with Gasteiger partial charge in [-0.1, -0.05) is 27.2 Å². The topological polar surface area (TPSA) is 6.48 Å². The van der Waals surface area contributed by atoms with Crippen molar-refractivity contribution in [1.29, 1.82) is 0 Å². The van der Waals surface area contributed by atoms with Gasteiger partial charge in [0.15, 0.2) is 0 Å². The molecule has 0 aromatic heterocycles. The van der Waals surface area contributed by atoms with Crippen LogP contribution in [0.4, 0.5) is 26.3 Å². The van der Waals surface area contributed by atoms with E-state index in [9.17, 15) is 0 Å². The molecule has 3 aliphatic carbocycles. The molecule has 12 atom stereocenters. The molecular formula is C22H35F6N2P. The van der Waals surface area contributed by atoms with Gasteiger partial charge in [0.2, 0.25) is 0 Å². The molecule has 9 heteroatoms. The number of fused-ring (bicyclic) bond motifs is 3. The third-order valence-electron chi connectivity index (χ3n) is 8.41. The summed E-state index contributed by atoms with van der Waals surface area (Å²) in [5.74, 6) is -2.59. The Kier molecular flexibility index (Phi) is 6.94. The fourth-order valence-corrected chi connectivity index (χ4v) is 12.0. The van der Waals surface area contributed by atoms with Crippen LogP contribution in [-0.2, 0) is 0 Å². The minimum absolute atomic E-state index is 0.0000898. The van der Waals surface area contributed by atoms with Crippen molar-refractivity contribution in [3.8, 4) is 0 Å². The smallest absolute Gasteiger partial charge is 0.150 e. The summed E-state index contributed by atoms with van der Waals surface area (Å²) in [7, 11) is 4.58. The Labute approximate surface area is 182 Å². The van der Waals surface area contributed by atoms with E-state index < -0.39 is 80.2 Å². The highest BCUT2D eigenvalue weighted by Crippen LogP contribution is 2.73. The molecule has 4 aliphatic rings. The highest BCUT2D eigenvalue weighted by Gasteiger charge is 2.71. The van der Waals surface area contributed by atoms with Crippen LogP contribution in [0.5, 0.6) is 0 Å². The van der Waals surface area contributed by atoms with Crippen LogP contribution in [0.25, 0.3) is 0 Å². The monoisotopic (exact) mass is 472 g/mol. The molecule has 2 nitrogen and oxygen atoms in total. The van der Waals surface area contributed by atoms with E-state index in [1.807, 2.05) is 0 Å². The summed E-state index contributed by atoms with van der Waals surface area (Å²) in [6.45, 7) is 0. The molecule has 4 rings (SSSR count). The summed E-state index contributed by atoms with van der Waals surface area (Å²) in [5.41, 5.74) is -1.85. The van der Waals surface area contributed by atoms with E-state index >= 15 is 26.3 Å². The maximum absolute atomic E-state index is 15.9. The van der Waals surface area contributed by atoms with Gasteiger partial charge in [-0.25, -0.2) is 26.3 Å². The van der Waals surface area contributed by atoms with Gasteiger partial charge in [-0.05, 0) is 46.7 Å². The molecule has 1 saturated heterocycles. The van der Waals surface area contributed by atoms with E-state index in [-0.39, 0.29) is 5.66 Å². The molecule has 4 fully saturated rings. The van der Waals surface area contributed by atoms with E-state index in [1.54, 1.807) is 0 Å². The van der Waals surface area contributed by atoms with Crippen LogP contribution in [-0.4, -0.2) is 104 Å². The van der Waals surface area contributed by atoms with Crippen molar-refractivity contribution in [2.24, 2.45) is 11.8 Å². The second-order valence-electron chi connectivity index (χ2n) is 10.4. The highest BCUT2D eigenvalue weighted by atomic mass is 31.1. The van der Waals surface area contributed by atoms with Crippen LogP contribution < -0.4 is 0 Å². The first-order chi connectivity index (χ1) is 14.6. The molecule has 0 bridgehead atoms. The van der Waals surface area contributed by atoms with Crippen molar-refractivity contribution in [3.63, 3.8) is 0 Å². The standard InChI is InChI=1S/C22H35F6N2P/c1-29(2)19-15(25)13(23)11-12-14(24)16(26)20(30(3)4)18(28)22(12)31(21(11)17(19)27)10-8-6-5-7-9-10/h10-22H,5-9H2,1-4H3. The Morgan fingerprint density at radius 1 is 0.548 bits per heavy atom. The van der Waals surface area contributed by atoms with E-state index in [1.165, 1.54) is 38.0 Å². The van der Waals surface area contributed by atoms with E-state index in [0.29, 0.717) is 0 Å². The molecule has 0 radical (unpaired) electrons. The zero-order chi connectivity index (χ0) is 22.8. The van der Waals surface area contributed by atoms with Crippen molar-refractivity contribution in [2.45, 2.75) is 98.2 Å². The van der Waals surface area contributed by atoms with Gasteiger partial charge >= 0.3 is 0 Å². The molecule has 0 aromatic carbocycles. The van der Waals surface area contributed by atoms with Gasteiger partial charge in [0.05, 0.1) is 12.1 Å². The Bertz CT molecular complexity index is 591. The SMILES string of the molecule is CN(C)C1C(F)C(F)C2C3C(F)C(F)C(N(C)C)C(F)C3P(C3CCCCC3)C2C1F.